The lowest BCUT2D eigenvalue weighted by molar-refractivity contribution is -0.137. The maximum absolute atomic E-state index is 12.6. The summed E-state index contributed by atoms with van der Waals surface area (Å²) in [4.78, 5) is 22.6. The Morgan fingerprint density at radius 1 is 1.14 bits per heavy atom. The van der Waals surface area contributed by atoms with Crippen LogP contribution in [0, 0.1) is 0 Å². The third-order valence-corrected chi connectivity index (χ3v) is 3.56. The van der Waals surface area contributed by atoms with Crippen molar-refractivity contribution in [1.82, 2.24) is 5.32 Å². The first-order valence-corrected chi connectivity index (χ1v) is 8.69. The first kappa shape index (κ1) is 26.3. The fraction of sp³-hybridized carbons (Fsp3) is 0.263. The van der Waals surface area contributed by atoms with Gasteiger partial charge in [-0.2, -0.15) is 13.2 Å². The summed E-state index contributed by atoms with van der Waals surface area (Å²) in [7, 11) is 0. The number of carbonyl (C=O) groups is 2. The number of hydrogen-bond donors (Lipinski definition) is 2. The molecule has 3 N–H and O–H groups in total. The summed E-state index contributed by atoms with van der Waals surface area (Å²) in [5.41, 5.74) is 4.96. The normalized spacial score (nSPS) is 10.1. The molecule has 0 fully saturated rings. The van der Waals surface area contributed by atoms with Crippen LogP contribution in [0.3, 0.4) is 0 Å². The number of alkyl halides is 3. The first-order chi connectivity index (χ1) is 13.2. The third kappa shape index (κ3) is 8.47. The molecule has 0 spiro atoms. The maximum atomic E-state index is 12.6. The summed E-state index contributed by atoms with van der Waals surface area (Å²) in [5.74, 6) is -1.07. The Hall–Kier alpha value is -2.68. The van der Waals surface area contributed by atoms with Gasteiger partial charge in [0, 0.05) is 14.0 Å². The van der Waals surface area contributed by atoms with Gasteiger partial charge in [0.1, 0.15) is 12.4 Å². The quantitative estimate of drug-likeness (QED) is 0.688. The molecule has 0 bridgehead atoms. The number of amides is 2. The number of benzene rings is 2. The van der Waals surface area contributed by atoms with Gasteiger partial charge in [0.25, 0.3) is 5.91 Å². The highest BCUT2D eigenvalue weighted by atomic mass is 35.5. The Balaban J connectivity index is 0.00000253. The van der Waals surface area contributed by atoms with E-state index in [1.807, 2.05) is 13.8 Å². The van der Waals surface area contributed by atoms with Gasteiger partial charge in [0.2, 0.25) is 5.91 Å². The first-order valence-electron chi connectivity index (χ1n) is 8.32. The van der Waals surface area contributed by atoms with Crippen molar-refractivity contribution in [3.05, 3.63) is 64.2 Å². The predicted molar refractivity (Wildman–Crippen MR) is 106 cm³/mol. The molecule has 0 aliphatic heterocycles. The monoisotopic (exact) mass is 427 g/mol. The molecule has 5 nitrogen and oxygen atoms in total. The minimum Gasteiger partial charge on any atom is -0.487 e. The molecule has 2 amide bonds. The van der Waals surface area contributed by atoms with Gasteiger partial charge in [0.15, 0.2) is 0 Å². The number of primary amides is 1. The van der Waals surface area contributed by atoms with Crippen LogP contribution in [0.25, 0.3) is 0 Å². The van der Waals surface area contributed by atoms with Gasteiger partial charge in [-0.3, -0.25) is 9.59 Å². The Morgan fingerprint density at radius 3 is 2.34 bits per heavy atom. The van der Waals surface area contributed by atoms with Gasteiger partial charge in [-0.05, 0) is 35.9 Å². The molecule has 0 atom stereocenters. The fourth-order valence-electron chi connectivity index (χ4n) is 2.03. The SMILES string of the molecule is CC.NC(=O)CNC(=O)c1cccc(COc2ccc(C(F)(F)F)cc2Cl)c1.[B]. The average Bonchev–Trinajstić information content (AvgIpc) is 2.66. The highest BCUT2D eigenvalue weighted by molar-refractivity contribution is 6.32. The van der Waals surface area contributed by atoms with E-state index in [9.17, 15) is 22.8 Å². The summed E-state index contributed by atoms with van der Waals surface area (Å²) in [6.07, 6.45) is -4.49. The molecule has 0 saturated heterocycles. The van der Waals surface area contributed by atoms with E-state index in [2.05, 4.69) is 5.32 Å². The Labute approximate surface area is 173 Å². The van der Waals surface area contributed by atoms with Crippen LogP contribution in [-0.2, 0) is 17.6 Å². The molecule has 29 heavy (non-hydrogen) atoms. The van der Waals surface area contributed by atoms with Crippen LogP contribution in [0.1, 0.15) is 35.3 Å². The zero-order valence-electron chi connectivity index (χ0n) is 15.8. The van der Waals surface area contributed by atoms with Crippen molar-refractivity contribution in [1.29, 1.82) is 0 Å². The van der Waals surface area contributed by atoms with E-state index in [4.69, 9.17) is 22.1 Å². The average molecular weight is 428 g/mol. The molecule has 0 aliphatic carbocycles. The molecular formula is C19H20BClF3N2O3. The number of hydrogen-bond acceptors (Lipinski definition) is 3. The maximum Gasteiger partial charge on any atom is 0.416 e. The fourth-order valence-corrected chi connectivity index (χ4v) is 2.26. The van der Waals surface area contributed by atoms with Crippen molar-refractivity contribution in [2.75, 3.05) is 6.54 Å². The predicted octanol–water partition coefficient (Wildman–Crippen LogP) is 3.80. The summed E-state index contributed by atoms with van der Waals surface area (Å²) >= 11 is 5.82. The number of nitrogens with two attached hydrogens (primary N) is 1. The minimum absolute atomic E-state index is 0. The van der Waals surface area contributed by atoms with Gasteiger partial charge in [-0.25, -0.2) is 0 Å². The van der Waals surface area contributed by atoms with E-state index in [1.54, 1.807) is 12.1 Å². The van der Waals surface area contributed by atoms with E-state index in [0.29, 0.717) is 5.56 Å². The van der Waals surface area contributed by atoms with Crippen molar-refractivity contribution < 1.29 is 27.5 Å². The highest BCUT2D eigenvalue weighted by Crippen LogP contribution is 2.34. The van der Waals surface area contributed by atoms with Gasteiger partial charge < -0.3 is 15.8 Å². The van der Waals surface area contributed by atoms with Crippen LogP contribution in [0.4, 0.5) is 13.2 Å². The van der Waals surface area contributed by atoms with E-state index in [0.717, 1.165) is 18.2 Å². The van der Waals surface area contributed by atoms with Crippen molar-refractivity contribution in [3.63, 3.8) is 0 Å². The second-order valence-electron chi connectivity index (χ2n) is 5.28. The van der Waals surface area contributed by atoms with Gasteiger partial charge in [-0.1, -0.05) is 37.6 Å². The summed E-state index contributed by atoms with van der Waals surface area (Å²) in [6.45, 7) is 3.70. The van der Waals surface area contributed by atoms with Crippen molar-refractivity contribution in [2.24, 2.45) is 5.73 Å². The lowest BCUT2D eigenvalue weighted by Crippen LogP contribution is -2.33. The zero-order valence-corrected chi connectivity index (χ0v) is 16.6. The second-order valence-corrected chi connectivity index (χ2v) is 5.69. The molecule has 0 aliphatic rings. The molecule has 2 aromatic rings. The number of rotatable bonds is 6. The number of ether oxygens (including phenoxy) is 1. The third-order valence-electron chi connectivity index (χ3n) is 3.27. The number of carbonyl (C=O) groups excluding carboxylic acids is 2. The van der Waals surface area contributed by atoms with Crippen molar-refractivity contribution in [2.45, 2.75) is 26.6 Å². The van der Waals surface area contributed by atoms with Crippen molar-refractivity contribution >= 4 is 31.8 Å². The van der Waals surface area contributed by atoms with Gasteiger partial charge >= 0.3 is 6.18 Å². The van der Waals surface area contributed by atoms with Crippen LogP contribution in [-0.4, -0.2) is 26.8 Å². The Kier molecular flexibility index (Phi) is 10.9. The molecule has 155 valence electrons. The summed E-state index contributed by atoms with van der Waals surface area (Å²) < 4.78 is 43.3. The lowest BCUT2D eigenvalue weighted by Gasteiger charge is -2.12. The van der Waals surface area contributed by atoms with Crippen LogP contribution < -0.4 is 15.8 Å². The smallest absolute Gasteiger partial charge is 0.416 e. The van der Waals surface area contributed by atoms with Crippen LogP contribution in [0.15, 0.2) is 42.5 Å². The molecule has 2 rings (SSSR count). The van der Waals surface area contributed by atoms with Crippen molar-refractivity contribution in [3.8, 4) is 5.75 Å². The Morgan fingerprint density at radius 2 is 1.79 bits per heavy atom. The van der Waals surface area contributed by atoms with Crippen LogP contribution in [0.5, 0.6) is 5.75 Å². The van der Waals surface area contributed by atoms with E-state index >= 15 is 0 Å². The largest absolute Gasteiger partial charge is 0.487 e. The van der Waals surface area contributed by atoms with Gasteiger partial charge in [-0.15, -0.1) is 0 Å². The number of halogens is 4. The topological polar surface area (TPSA) is 81.4 Å². The standard InChI is InChI=1S/C17H14ClF3N2O3.C2H6.B/c18-13-7-12(17(19,20)21)4-5-14(13)26-9-10-2-1-3-11(6-10)16(25)23-8-15(22)24;1-2;/h1-7H,8-9H2,(H2,22,24)(H,23,25);1-2H3;. The number of nitrogens with one attached hydrogen (secondary N) is 1. The van der Waals surface area contributed by atoms with E-state index in [-0.39, 0.29) is 37.9 Å². The molecule has 0 heterocycles. The summed E-state index contributed by atoms with van der Waals surface area (Å²) in [5, 5.41) is 2.18. The summed E-state index contributed by atoms with van der Waals surface area (Å²) in [6, 6.07) is 9.11. The van der Waals surface area contributed by atoms with E-state index < -0.39 is 23.6 Å². The lowest BCUT2D eigenvalue weighted by atomic mass is 10.1. The molecule has 0 saturated carbocycles. The van der Waals surface area contributed by atoms with Crippen LogP contribution in [0.2, 0.25) is 5.02 Å². The second kappa shape index (κ2) is 12.0. The molecule has 0 aromatic heterocycles. The van der Waals surface area contributed by atoms with Gasteiger partial charge in [0.05, 0.1) is 17.1 Å². The minimum atomic E-state index is -4.49. The molecule has 0 unspecified atom stereocenters. The highest BCUT2D eigenvalue weighted by Gasteiger charge is 2.31. The molecule has 3 radical (unpaired) electrons. The van der Waals surface area contributed by atoms with Crippen LogP contribution >= 0.6 is 11.6 Å². The molecular weight excluding hydrogens is 407 g/mol. The molecule has 2 aromatic carbocycles. The molecule has 10 heteroatoms. The zero-order chi connectivity index (χ0) is 21.3. The van der Waals surface area contributed by atoms with E-state index in [1.165, 1.54) is 12.1 Å². The Bertz CT molecular complexity index is 833.